The molecular formula is C16H24ClN3O. The number of benzene rings is 1. The Bertz CT molecular complexity index is 486. The van der Waals surface area contributed by atoms with Crippen molar-refractivity contribution in [2.75, 3.05) is 24.5 Å². The summed E-state index contributed by atoms with van der Waals surface area (Å²) in [6, 6.07) is 6.03. The molecule has 3 N–H and O–H groups in total. The fraction of sp³-hybridized carbons (Fsp3) is 0.562. The van der Waals surface area contributed by atoms with E-state index in [1.807, 2.05) is 12.1 Å². The Hall–Kier alpha value is -1.26. The molecular weight excluding hydrogens is 286 g/mol. The van der Waals surface area contributed by atoms with Crippen LogP contribution in [-0.2, 0) is 0 Å². The summed E-state index contributed by atoms with van der Waals surface area (Å²) in [4.78, 5) is 13.6. The molecule has 21 heavy (non-hydrogen) atoms. The number of halogens is 1. The number of piperidine rings is 1. The molecule has 1 aromatic rings. The van der Waals surface area contributed by atoms with Gasteiger partial charge in [-0.25, -0.2) is 0 Å². The van der Waals surface area contributed by atoms with E-state index in [1.54, 1.807) is 6.07 Å². The van der Waals surface area contributed by atoms with Crippen molar-refractivity contribution in [3.63, 3.8) is 0 Å². The minimum atomic E-state index is -0.484. The van der Waals surface area contributed by atoms with E-state index < -0.39 is 5.91 Å². The molecule has 0 aliphatic carbocycles. The van der Waals surface area contributed by atoms with Gasteiger partial charge >= 0.3 is 0 Å². The van der Waals surface area contributed by atoms with E-state index in [0.29, 0.717) is 16.6 Å². The van der Waals surface area contributed by atoms with E-state index >= 15 is 0 Å². The quantitative estimate of drug-likeness (QED) is 0.849. The Labute approximate surface area is 131 Å². The summed E-state index contributed by atoms with van der Waals surface area (Å²) in [6.07, 6.45) is 4.84. The smallest absolute Gasteiger partial charge is 0.250 e. The highest BCUT2D eigenvalue weighted by atomic mass is 35.5. The average Bonchev–Trinajstić information content (AvgIpc) is 2.47. The Balaban J connectivity index is 2.13. The molecule has 1 aliphatic heterocycles. The van der Waals surface area contributed by atoms with Crippen LogP contribution in [0.5, 0.6) is 0 Å². The number of hydrogen-bond acceptors (Lipinski definition) is 3. The first kappa shape index (κ1) is 16.1. The molecule has 1 fully saturated rings. The molecule has 0 saturated carbocycles. The molecule has 1 aromatic carbocycles. The zero-order chi connectivity index (χ0) is 15.2. The molecule has 1 saturated heterocycles. The molecule has 5 heteroatoms. The van der Waals surface area contributed by atoms with Gasteiger partial charge in [0.1, 0.15) is 0 Å². The summed E-state index contributed by atoms with van der Waals surface area (Å²) < 4.78 is 0. The van der Waals surface area contributed by atoms with E-state index in [-0.39, 0.29) is 0 Å². The fourth-order valence-corrected chi connectivity index (χ4v) is 3.11. The molecule has 1 heterocycles. The van der Waals surface area contributed by atoms with Crippen LogP contribution in [0.4, 0.5) is 5.69 Å². The van der Waals surface area contributed by atoms with Crippen molar-refractivity contribution >= 4 is 23.2 Å². The van der Waals surface area contributed by atoms with E-state index in [9.17, 15) is 4.79 Å². The van der Waals surface area contributed by atoms with Crippen molar-refractivity contribution in [1.82, 2.24) is 5.32 Å². The lowest BCUT2D eigenvalue weighted by atomic mass is 10.0. The van der Waals surface area contributed by atoms with Crippen molar-refractivity contribution in [1.29, 1.82) is 0 Å². The Morgan fingerprint density at radius 1 is 1.48 bits per heavy atom. The third kappa shape index (κ3) is 4.35. The van der Waals surface area contributed by atoms with Gasteiger partial charge in [0.05, 0.1) is 10.6 Å². The first-order chi connectivity index (χ1) is 10.1. The monoisotopic (exact) mass is 309 g/mol. The molecule has 0 spiro atoms. The second-order valence-corrected chi connectivity index (χ2v) is 6.03. The third-order valence-corrected chi connectivity index (χ3v) is 4.24. The summed E-state index contributed by atoms with van der Waals surface area (Å²) >= 11 is 6.17. The van der Waals surface area contributed by atoms with Crippen LogP contribution in [0.1, 0.15) is 43.0 Å². The highest BCUT2D eigenvalue weighted by molar-refractivity contribution is 6.34. The Morgan fingerprint density at radius 2 is 2.29 bits per heavy atom. The number of anilines is 1. The van der Waals surface area contributed by atoms with Gasteiger partial charge in [-0.1, -0.05) is 24.9 Å². The van der Waals surface area contributed by atoms with Crippen LogP contribution in [0, 0.1) is 0 Å². The summed E-state index contributed by atoms with van der Waals surface area (Å²) in [6.45, 7) is 5.22. The van der Waals surface area contributed by atoms with Crippen molar-refractivity contribution in [3.8, 4) is 0 Å². The first-order valence-electron chi connectivity index (χ1n) is 7.69. The van der Waals surface area contributed by atoms with Gasteiger partial charge in [0.2, 0.25) is 5.91 Å². The van der Waals surface area contributed by atoms with Gasteiger partial charge in [-0.05, 0) is 44.0 Å². The molecule has 1 amide bonds. The zero-order valence-electron chi connectivity index (χ0n) is 12.6. The second kappa shape index (κ2) is 7.66. The van der Waals surface area contributed by atoms with E-state index in [2.05, 4.69) is 17.1 Å². The second-order valence-electron chi connectivity index (χ2n) is 5.62. The number of nitrogens with two attached hydrogens (primary N) is 1. The largest absolute Gasteiger partial charge is 0.370 e. The predicted molar refractivity (Wildman–Crippen MR) is 88.1 cm³/mol. The minimum absolute atomic E-state index is 0.382. The van der Waals surface area contributed by atoms with E-state index in [4.69, 9.17) is 17.3 Å². The molecule has 4 nitrogen and oxygen atoms in total. The first-order valence-corrected chi connectivity index (χ1v) is 8.07. The van der Waals surface area contributed by atoms with Crippen LogP contribution in [0.2, 0.25) is 5.02 Å². The van der Waals surface area contributed by atoms with Gasteiger partial charge in [0.15, 0.2) is 0 Å². The number of amides is 1. The predicted octanol–water partition coefficient (Wildman–Crippen LogP) is 2.80. The Kier molecular flexibility index (Phi) is 5.88. The van der Waals surface area contributed by atoms with Crippen molar-refractivity contribution in [3.05, 3.63) is 28.8 Å². The van der Waals surface area contributed by atoms with Crippen LogP contribution < -0.4 is 16.0 Å². The lowest BCUT2D eigenvalue weighted by Gasteiger charge is -2.32. The number of carbonyl (C=O) groups excluding carboxylic acids is 1. The lowest BCUT2D eigenvalue weighted by Crippen LogP contribution is -2.44. The molecule has 116 valence electrons. The molecule has 0 radical (unpaired) electrons. The van der Waals surface area contributed by atoms with Gasteiger partial charge in [-0.2, -0.15) is 0 Å². The van der Waals surface area contributed by atoms with E-state index in [1.165, 1.54) is 19.3 Å². The van der Waals surface area contributed by atoms with Crippen LogP contribution in [0.3, 0.4) is 0 Å². The van der Waals surface area contributed by atoms with Crippen LogP contribution in [0.15, 0.2) is 18.2 Å². The van der Waals surface area contributed by atoms with Crippen LogP contribution in [0.25, 0.3) is 0 Å². The summed E-state index contributed by atoms with van der Waals surface area (Å²) in [7, 11) is 0. The molecule has 1 aliphatic rings. The molecule has 2 rings (SSSR count). The van der Waals surface area contributed by atoms with Crippen molar-refractivity contribution in [2.24, 2.45) is 5.73 Å². The highest BCUT2D eigenvalue weighted by Crippen LogP contribution is 2.24. The SMILES string of the molecule is CCCN(CC1CCCCN1)c1ccc(C(N)=O)c(Cl)c1. The number of carbonyl (C=O) groups is 1. The summed E-state index contributed by atoms with van der Waals surface area (Å²) in [5.41, 5.74) is 6.74. The number of nitrogens with zero attached hydrogens (tertiary/aromatic N) is 1. The van der Waals surface area contributed by atoms with Gasteiger partial charge in [-0.3, -0.25) is 4.79 Å². The average molecular weight is 310 g/mol. The van der Waals surface area contributed by atoms with Crippen molar-refractivity contribution < 1.29 is 4.79 Å². The van der Waals surface area contributed by atoms with Gasteiger partial charge in [0, 0.05) is 24.8 Å². The zero-order valence-corrected chi connectivity index (χ0v) is 13.3. The summed E-state index contributed by atoms with van der Waals surface area (Å²) in [5, 5.41) is 4.00. The third-order valence-electron chi connectivity index (χ3n) is 3.93. The molecule has 1 atom stereocenters. The van der Waals surface area contributed by atoms with Gasteiger partial charge in [-0.15, -0.1) is 0 Å². The van der Waals surface area contributed by atoms with Crippen molar-refractivity contribution in [2.45, 2.75) is 38.6 Å². The molecule has 1 unspecified atom stereocenters. The maximum absolute atomic E-state index is 11.3. The topological polar surface area (TPSA) is 58.4 Å². The van der Waals surface area contributed by atoms with Crippen LogP contribution >= 0.6 is 11.6 Å². The summed E-state index contributed by atoms with van der Waals surface area (Å²) in [5.74, 6) is -0.484. The van der Waals surface area contributed by atoms with E-state index in [0.717, 1.165) is 31.7 Å². The molecule has 0 bridgehead atoms. The molecule has 0 aromatic heterocycles. The van der Waals surface area contributed by atoms with Gasteiger partial charge in [0.25, 0.3) is 0 Å². The highest BCUT2D eigenvalue weighted by Gasteiger charge is 2.17. The maximum atomic E-state index is 11.3. The number of rotatable bonds is 6. The van der Waals surface area contributed by atoms with Crippen LogP contribution in [-0.4, -0.2) is 31.6 Å². The normalized spacial score (nSPS) is 18.5. The fourth-order valence-electron chi connectivity index (χ4n) is 2.84. The number of hydrogen-bond donors (Lipinski definition) is 2. The number of nitrogens with one attached hydrogen (secondary N) is 1. The Morgan fingerprint density at radius 3 is 2.86 bits per heavy atom. The standard InChI is InChI=1S/C16H24ClN3O/c1-2-9-20(11-12-5-3-4-8-19-12)13-6-7-14(16(18)21)15(17)10-13/h6-7,10,12,19H,2-5,8-9,11H2,1H3,(H2,18,21). The number of primary amides is 1. The maximum Gasteiger partial charge on any atom is 0.250 e. The van der Waals surface area contributed by atoms with Gasteiger partial charge < -0.3 is 16.0 Å². The lowest BCUT2D eigenvalue weighted by molar-refractivity contribution is 0.100. The minimum Gasteiger partial charge on any atom is -0.370 e.